The van der Waals surface area contributed by atoms with Gasteiger partial charge in [-0.1, -0.05) is 11.6 Å². The van der Waals surface area contributed by atoms with Crippen LogP contribution in [0.3, 0.4) is 0 Å². The fourth-order valence-corrected chi connectivity index (χ4v) is 2.96. The summed E-state index contributed by atoms with van der Waals surface area (Å²) >= 11 is 6.32. The highest BCUT2D eigenvalue weighted by Crippen LogP contribution is 2.40. The van der Waals surface area contributed by atoms with E-state index in [0.29, 0.717) is 45.0 Å². The zero-order valence-electron chi connectivity index (χ0n) is 17.9. The molecule has 0 fully saturated rings. The first kappa shape index (κ1) is 23.2. The van der Waals surface area contributed by atoms with E-state index in [4.69, 9.17) is 35.3 Å². The molecule has 0 heterocycles. The molecule has 0 aliphatic heterocycles. The zero-order chi connectivity index (χ0) is 22.3. The Morgan fingerprint density at radius 2 is 1.47 bits per heavy atom. The summed E-state index contributed by atoms with van der Waals surface area (Å²) in [5, 5.41) is 3.16. The summed E-state index contributed by atoms with van der Waals surface area (Å²) in [6.45, 7) is 3.80. The van der Waals surface area contributed by atoms with Gasteiger partial charge in [0.2, 0.25) is 11.7 Å². The first-order chi connectivity index (χ1) is 14.3. The van der Waals surface area contributed by atoms with Crippen molar-refractivity contribution in [2.45, 2.75) is 20.0 Å². The maximum absolute atomic E-state index is 12.4. The molecule has 2 rings (SSSR count). The van der Waals surface area contributed by atoms with E-state index in [2.05, 4.69) is 5.32 Å². The van der Waals surface area contributed by atoms with E-state index in [1.54, 1.807) is 30.3 Å². The Hall–Kier alpha value is -3.06. The second kappa shape index (κ2) is 10.6. The maximum atomic E-state index is 12.4. The summed E-state index contributed by atoms with van der Waals surface area (Å²) in [5.41, 5.74) is 1.18. The number of nitrogens with one attached hydrogen (secondary N) is 1. The van der Waals surface area contributed by atoms with Crippen LogP contribution in [-0.2, 0) is 4.79 Å². The quantitative estimate of drug-likeness (QED) is 0.569. The lowest BCUT2D eigenvalue weighted by atomic mass is 10.1. The maximum Gasteiger partial charge on any atom is 0.248 e. The molecule has 1 amide bonds. The standard InChI is InChI=1S/C22H26ClNO6/c1-13(2)30-21-16(23)9-14(10-17(21)26-3)7-8-20(25)24-15-11-18(27-4)22(29-6)19(12-15)28-5/h7-13H,1-6H3,(H,24,25)/b8-7+. The molecular weight excluding hydrogens is 410 g/mol. The third-order valence-electron chi connectivity index (χ3n) is 3.96. The van der Waals surface area contributed by atoms with E-state index < -0.39 is 0 Å². The van der Waals surface area contributed by atoms with E-state index >= 15 is 0 Å². The van der Waals surface area contributed by atoms with Crippen LogP contribution in [-0.4, -0.2) is 40.5 Å². The molecule has 8 heteroatoms. The van der Waals surface area contributed by atoms with Crippen LogP contribution < -0.4 is 29.0 Å². The van der Waals surface area contributed by atoms with Crippen molar-refractivity contribution in [3.63, 3.8) is 0 Å². The van der Waals surface area contributed by atoms with Crippen molar-refractivity contribution >= 4 is 29.3 Å². The highest BCUT2D eigenvalue weighted by Gasteiger charge is 2.15. The van der Waals surface area contributed by atoms with Crippen LogP contribution in [0, 0.1) is 0 Å². The van der Waals surface area contributed by atoms with Gasteiger partial charge in [-0.2, -0.15) is 0 Å². The summed E-state index contributed by atoms with van der Waals surface area (Å²) in [7, 11) is 6.06. The molecule has 0 atom stereocenters. The predicted octanol–water partition coefficient (Wildman–Crippen LogP) is 4.81. The van der Waals surface area contributed by atoms with Gasteiger partial charge in [-0.25, -0.2) is 0 Å². The third-order valence-corrected chi connectivity index (χ3v) is 4.25. The average molecular weight is 436 g/mol. The fraction of sp³-hybridized carbons (Fsp3) is 0.318. The second-order valence-corrected chi connectivity index (χ2v) is 6.84. The largest absolute Gasteiger partial charge is 0.493 e. The number of carbonyl (C=O) groups is 1. The Bertz CT molecular complexity index is 901. The minimum Gasteiger partial charge on any atom is -0.493 e. The van der Waals surface area contributed by atoms with E-state index in [-0.39, 0.29) is 12.0 Å². The minimum atomic E-state index is -0.345. The first-order valence-electron chi connectivity index (χ1n) is 9.16. The van der Waals surface area contributed by atoms with E-state index in [1.807, 2.05) is 13.8 Å². The lowest BCUT2D eigenvalue weighted by molar-refractivity contribution is -0.111. The van der Waals surface area contributed by atoms with Crippen LogP contribution in [0.4, 0.5) is 5.69 Å². The molecule has 0 aliphatic rings. The topological polar surface area (TPSA) is 75.3 Å². The normalized spacial score (nSPS) is 10.8. The van der Waals surface area contributed by atoms with Gasteiger partial charge in [0, 0.05) is 23.9 Å². The molecule has 2 aromatic rings. The molecule has 0 unspecified atom stereocenters. The number of methoxy groups -OCH3 is 4. The van der Waals surface area contributed by atoms with Crippen molar-refractivity contribution in [3.8, 4) is 28.7 Å². The molecular formula is C22H26ClNO6. The SMILES string of the molecule is COc1cc(/C=C/C(=O)Nc2cc(OC)c(OC)c(OC)c2)cc(Cl)c1OC(C)C. The lowest BCUT2D eigenvalue weighted by Gasteiger charge is -2.15. The van der Waals surface area contributed by atoms with Crippen molar-refractivity contribution < 1.29 is 28.5 Å². The summed E-state index contributed by atoms with van der Waals surface area (Å²) < 4.78 is 26.9. The summed E-state index contributed by atoms with van der Waals surface area (Å²) in [5.74, 6) is 1.93. The van der Waals surface area contributed by atoms with Crippen molar-refractivity contribution in [1.29, 1.82) is 0 Å². The molecule has 7 nitrogen and oxygen atoms in total. The van der Waals surface area contributed by atoms with Gasteiger partial charge >= 0.3 is 0 Å². The van der Waals surface area contributed by atoms with Gasteiger partial charge < -0.3 is 29.0 Å². The number of hydrogen-bond donors (Lipinski definition) is 1. The first-order valence-corrected chi connectivity index (χ1v) is 9.54. The van der Waals surface area contributed by atoms with Crippen LogP contribution in [0.1, 0.15) is 19.4 Å². The van der Waals surface area contributed by atoms with Gasteiger partial charge in [0.25, 0.3) is 0 Å². The zero-order valence-corrected chi connectivity index (χ0v) is 18.6. The molecule has 0 saturated carbocycles. The highest BCUT2D eigenvalue weighted by molar-refractivity contribution is 6.32. The Kier molecular flexibility index (Phi) is 8.24. The Balaban J connectivity index is 2.21. The number of ether oxygens (including phenoxy) is 5. The van der Waals surface area contributed by atoms with E-state index in [9.17, 15) is 4.79 Å². The lowest BCUT2D eigenvalue weighted by Crippen LogP contribution is -2.09. The Morgan fingerprint density at radius 3 is 1.97 bits per heavy atom. The molecule has 0 aliphatic carbocycles. The number of benzene rings is 2. The van der Waals surface area contributed by atoms with Crippen LogP contribution in [0.2, 0.25) is 5.02 Å². The minimum absolute atomic E-state index is 0.0537. The predicted molar refractivity (Wildman–Crippen MR) is 118 cm³/mol. The van der Waals surface area contributed by atoms with Crippen LogP contribution in [0.25, 0.3) is 6.08 Å². The van der Waals surface area contributed by atoms with Crippen molar-refractivity contribution in [2.75, 3.05) is 33.8 Å². The molecule has 0 bridgehead atoms. The van der Waals surface area contributed by atoms with Crippen LogP contribution in [0.5, 0.6) is 28.7 Å². The average Bonchev–Trinajstić information content (AvgIpc) is 2.72. The van der Waals surface area contributed by atoms with Crippen LogP contribution >= 0.6 is 11.6 Å². The summed E-state index contributed by atoms with van der Waals surface area (Å²) in [6, 6.07) is 6.73. The highest BCUT2D eigenvalue weighted by atomic mass is 35.5. The number of carbonyl (C=O) groups excluding carboxylic acids is 1. The van der Waals surface area contributed by atoms with Gasteiger partial charge in [-0.15, -0.1) is 0 Å². The number of amides is 1. The molecule has 1 N–H and O–H groups in total. The fourth-order valence-electron chi connectivity index (χ4n) is 2.70. The molecule has 2 aromatic carbocycles. The van der Waals surface area contributed by atoms with Crippen molar-refractivity contribution in [3.05, 3.63) is 40.9 Å². The summed E-state index contributed by atoms with van der Waals surface area (Å²) in [6.07, 6.45) is 2.96. The molecule has 0 radical (unpaired) electrons. The monoisotopic (exact) mass is 435 g/mol. The summed E-state index contributed by atoms with van der Waals surface area (Å²) in [4.78, 5) is 12.4. The third kappa shape index (κ3) is 5.73. The number of hydrogen-bond acceptors (Lipinski definition) is 6. The number of rotatable bonds is 9. The number of halogens is 1. The molecule has 162 valence electrons. The Labute approximate surface area is 181 Å². The van der Waals surface area contributed by atoms with E-state index in [0.717, 1.165) is 0 Å². The molecule has 30 heavy (non-hydrogen) atoms. The molecule has 0 saturated heterocycles. The smallest absolute Gasteiger partial charge is 0.248 e. The molecule has 0 spiro atoms. The van der Waals surface area contributed by atoms with Gasteiger partial charge in [-0.3, -0.25) is 4.79 Å². The van der Waals surface area contributed by atoms with E-state index in [1.165, 1.54) is 34.5 Å². The van der Waals surface area contributed by atoms with Gasteiger partial charge in [-0.05, 0) is 37.6 Å². The number of anilines is 1. The van der Waals surface area contributed by atoms with Gasteiger partial charge in [0.05, 0.1) is 39.6 Å². The van der Waals surface area contributed by atoms with Gasteiger partial charge in [0.1, 0.15) is 0 Å². The van der Waals surface area contributed by atoms with Gasteiger partial charge in [0.15, 0.2) is 23.0 Å². The van der Waals surface area contributed by atoms with Crippen molar-refractivity contribution in [1.82, 2.24) is 0 Å². The molecule has 0 aromatic heterocycles. The van der Waals surface area contributed by atoms with Crippen LogP contribution in [0.15, 0.2) is 30.3 Å². The van der Waals surface area contributed by atoms with Crippen molar-refractivity contribution in [2.24, 2.45) is 0 Å². The second-order valence-electron chi connectivity index (χ2n) is 6.44. The Morgan fingerprint density at radius 1 is 0.900 bits per heavy atom.